The summed E-state index contributed by atoms with van der Waals surface area (Å²) in [5, 5.41) is 0.762. The molecule has 0 spiro atoms. The molecule has 0 atom stereocenters. The monoisotopic (exact) mass is 299 g/mol. The molecule has 0 saturated heterocycles. The highest BCUT2D eigenvalue weighted by atomic mass is 35.5. The van der Waals surface area contributed by atoms with E-state index in [9.17, 15) is 0 Å². The van der Waals surface area contributed by atoms with Crippen LogP contribution in [0.4, 0.5) is 5.69 Å². The van der Waals surface area contributed by atoms with E-state index in [0.717, 1.165) is 47.0 Å². The number of hydrogen-bond acceptors (Lipinski definition) is 2. The average Bonchev–Trinajstić information content (AvgIpc) is 2.76. The Morgan fingerprint density at radius 3 is 2.81 bits per heavy atom. The van der Waals surface area contributed by atoms with Gasteiger partial charge in [0.1, 0.15) is 5.82 Å². The summed E-state index contributed by atoms with van der Waals surface area (Å²) in [4.78, 5) is 4.73. The molecular weight excluding hydrogens is 282 g/mol. The molecule has 3 rings (SSSR count). The van der Waals surface area contributed by atoms with Crippen LogP contribution in [0.25, 0.3) is 11.0 Å². The van der Waals surface area contributed by atoms with Crippen LogP contribution in [0.1, 0.15) is 24.7 Å². The van der Waals surface area contributed by atoms with Crippen molar-refractivity contribution in [3.63, 3.8) is 0 Å². The van der Waals surface area contributed by atoms with Gasteiger partial charge in [-0.25, -0.2) is 4.98 Å². The molecule has 2 aromatic carbocycles. The minimum atomic E-state index is 0.748. The van der Waals surface area contributed by atoms with Crippen molar-refractivity contribution < 1.29 is 0 Å². The molecule has 0 unspecified atom stereocenters. The quantitative estimate of drug-likeness (QED) is 0.731. The molecule has 0 saturated carbocycles. The zero-order chi connectivity index (χ0) is 14.8. The minimum Gasteiger partial charge on any atom is -0.399 e. The van der Waals surface area contributed by atoms with Gasteiger partial charge in [0, 0.05) is 23.7 Å². The predicted octanol–water partition coefficient (Wildman–Crippen LogP) is 4.27. The number of hydrogen-bond donors (Lipinski definition) is 1. The van der Waals surface area contributed by atoms with Gasteiger partial charge in [-0.05, 0) is 42.3 Å². The number of imidazole rings is 1. The first-order valence-electron chi connectivity index (χ1n) is 7.16. The molecule has 21 heavy (non-hydrogen) atoms. The number of aromatic nitrogens is 2. The molecule has 0 aliphatic heterocycles. The highest BCUT2D eigenvalue weighted by molar-refractivity contribution is 6.30. The minimum absolute atomic E-state index is 0.748. The van der Waals surface area contributed by atoms with Crippen molar-refractivity contribution in [3.05, 3.63) is 58.9 Å². The Labute approximate surface area is 129 Å². The lowest BCUT2D eigenvalue weighted by atomic mass is 10.2. The van der Waals surface area contributed by atoms with E-state index in [1.807, 2.05) is 36.4 Å². The zero-order valence-electron chi connectivity index (χ0n) is 12.0. The molecule has 0 aliphatic carbocycles. The van der Waals surface area contributed by atoms with Crippen LogP contribution >= 0.6 is 11.6 Å². The number of rotatable bonds is 4. The van der Waals surface area contributed by atoms with Crippen LogP contribution in [0.2, 0.25) is 5.02 Å². The third kappa shape index (κ3) is 2.88. The number of benzene rings is 2. The van der Waals surface area contributed by atoms with Gasteiger partial charge in [0.25, 0.3) is 0 Å². The van der Waals surface area contributed by atoms with Crippen LogP contribution in [-0.4, -0.2) is 9.55 Å². The van der Waals surface area contributed by atoms with E-state index < -0.39 is 0 Å². The number of nitrogen functional groups attached to an aromatic ring is 1. The number of aryl methyl sites for hydroxylation is 1. The lowest BCUT2D eigenvalue weighted by molar-refractivity contribution is 0.722. The van der Waals surface area contributed by atoms with Gasteiger partial charge >= 0.3 is 0 Å². The number of anilines is 1. The topological polar surface area (TPSA) is 43.8 Å². The van der Waals surface area contributed by atoms with Gasteiger partial charge in [0.05, 0.1) is 11.0 Å². The van der Waals surface area contributed by atoms with E-state index in [0.29, 0.717) is 0 Å². The molecule has 108 valence electrons. The first-order valence-corrected chi connectivity index (χ1v) is 7.54. The molecule has 3 aromatic rings. The van der Waals surface area contributed by atoms with Crippen molar-refractivity contribution in [2.75, 3.05) is 5.73 Å². The van der Waals surface area contributed by atoms with E-state index >= 15 is 0 Å². The lowest BCUT2D eigenvalue weighted by Gasteiger charge is -2.09. The summed E-state index contributed by atoms with van der Waals surface area (Å²) in [6.07, 6.45) is 2.02. The van der Waals surface area contributed by atoms with Gasteiger partial charge < -0.3 is 10.3 Å². The maximum absolute atomic E-state index is 6.08. The Balaban J connectivity index is 2.08. The molecule has 3 nitrogen and oxygen atoms in total. The average molecular weight is 300 g/mol. The van der Waals surface area contributed by atoms with Gasteiger partial charge in [0.15, 0.2) is 0 Å². The second-order valence-corrected chi connectivity index (χ2v) is 5.68. The maximum Gasteiger partial charge on any atom is 0.110 e. The third-order valence-corrected chi connectivity index (χ3v) is 3.79. The summed E-state index contributed by atoms with van der Waals surface area (Å²) >= 11 is 6.08. The SMILES string of the molecule is CCCc1nc2cc(N)ccc2n1Cc1cccc(Cl)c1. The Bertz CT molecular complexity index is 777. The summed E-state index contributed by atoms with van der Waals surface area (Å²) in [5.41, 5.74) is 9.86. The molecule has 1 aromatic heterocycles. The van der Waals surface area contributed by atoms with E-state index in [-0.39, 0.29) is 0 Å². The first kappa shape index (κ1) is 14.0. The van der Waals surface area contributed by atoms with Gasteiger partial charge in [-0.1, -0.05) is 30.7 Å². The van der Waals surface area contributed by atoms with Crippen LogP contribution < -0.4 is 5.73 Å². The van der Waals surface area contributed by atoms with Crippen molar-refractivity contribution in [3.8, 4) is 0 Å². The predicted molar refractivity (Wildman–Crippen MR) is 88.7 cm³/mol. The van der Waals surface area contributed by atoms with Crippen molar-refractivity contribution in [1.29, 1.82) is 0 Å². The molecule has 2 N–H and O–H groups in total. The second kappa shape index (κ2) is 5.78. The summed E-state index contributed by atoms with van der Waals surface area (Å²) in [6.45, 7) is 2.94. The second-order valence-electron chi connectivity index (χ2n) is 5.24. The molecule has 1 heterocycles. The van der Waals surface area contributed by atoms with E-state index in [2.05, 4.69) is 17.6 Å². The molecule has 0 aliphatic rings. The Hall–Kier alpha value is -2.00. The van der Waals surface area contributed by atoms with Crippen molar-refractivity contribution in [1.82, 2.24) is 9.55 Å². The largest absolute Gasteiger partial charge is 0.399 e. The summed E-state index contributed by atoms with van der Waals surface area (Å²) in [6, 6.07) is 13.9. The fourth-order valence-electron chi connectivity index (χ4n) is 2.61. The number of nitrogens with two attached hydrogens (primary N) is 1. The van der Waals surface area contributed by atoms with Crippen LogP contribution in [0, 0.1) is 0 Å². The fraction of sp³-hybridized carbons (Fsp3) is 0.235. The first-order chi connectivity index (χ1) is 10.2. The normalized spacial score (nSPS) is 11.1. The fourth-order valence-corrected chi connectivity index (χ4v) is 2.82. The number of fused-ring (bicyclic) bond motifs is 1. The molecule has 0 fully saturated rings. The standard InChI is InChI=1S/C17H18ClN3/c1-2-4-17-20-15-10-14(19)7-8-16(15)21(17)11-12-5-3-6-13(18)9-12/h3,5-10H,2,4,11,19H2,1H3. The van der Waals surface area contributed by atoms with Crippen LogP contribution in [0.3, 0.4) is 0 Å². The molecule has 4 heteroatoms. The van der Waals surface area contributed by atoms with Crippen molar-refractivity contribution in [2.24, 2.45) is 0 Å². The van der Waals surface area contributed by atoms with Crippen molar-refractivity contribution >= 4 is 28.3 Å². The van der Waals surface area contributed by atoms with E-state index in [1.54, 1.807) is 0 Å². The summed E-state index contributed by atoms with van der Waals surface area (Å²) in [7, 11) is 0. The Morgan fingerprint density at radius 1 is 1.19 bits per heavy atom. The van der Waals surface area contributed by atoms with Gasteiger partial charge in [0.2, 0.25) is 0 Å². The van der Waals surface area contributed by atoms with Crippen LogP contribution in [0.5, 0.6) is 0 Å². The number of halogens is 1. The maximum atomic E-state index is 6.08. The van der Waals surface area contributed by atoms with Gasteiger partial charge in [-0.2, -0.15) is 0 Å². The molecule has 0 radical (unpaired) electrons. The van der Waals surface area contributed by atoms with E-state index in [4.69, 9.17) is 22.3 Å². The number of nitrogens with zero attached hydrogens (tertiary/aromatic N) is 2. The van der Waals surface area contributed by atoms with Gasteiger partial charge in [-0.15, -0.1) is 0 Å². The van der Waals surface area contributed by atoms with Gasteiger partial charge in [-0.3, -0.25) is 0 Å². The highest BCUT2D eigenvalue weighted by Crippen LogP contribution is 2.22. The Morgan fingerprint density at radius 2 is 2.05 bits per heavy atom. The molecule has 0 amide bonds. The summed E-state index contributed by atoms with van der Waals surface area (Å²) in [5.74, 6) is 1.10. The lowest BCUT2D eigenvalue weighted by Crippen LogP contribution is -2.05. The highest BCUT2D eigenvalue weighted by Gasteiger charge is 2.11. The van der Waals surface area contributed by atoms with Crippen molar-refractivity contribution in [2.45, 2.75) is 26.3 Å². The third-order valence-electron chi connectivity index (χ3n) is 3.55. The van der Waals surface area contributed by atoms with E-state index in [1.165, 1.54) is 5.56 Å². The van der Waals surface area contributed by atoms with Crippen LogP contribution in [-0.2, 0) is 13.0 Å². The smallest absolute Gasteiger partial charge is 0.110 e. The molecule has 0 bridgehead atoms. The zero-order valence-corrected chi connectivity index (χ0v) is 12.8. The summed E-state index contributed by atoms with van der Waals surface area (Å²) < 4.78 is 2.25. The molecular formula is C17H18ClN3. The Kier molecular flexibility index (Phi) is 3.84. The van der Waals surface area contributed by atoms with Crippen LogP contribution in [0.15, 0.2) is 42.5 Å².